The fourth-order valence-electron chi connectivity index (χ4n) is 2.83. The maximum absolute atomic E-state index is 5.39. The van der Waals surface area contributed by atoms with Gasteiger partial charge >= 0.3 is 5.96 Å². The van der Waals surface area contributed by atoms with E-state index >= 15 is 0 Å². The van der Waals surface area contributed by atoms with Crippen LogP contribution < -0.4 is 16.6 Å². The lowest BCUT2D eigenvalue weighted by atomic mass is 9.90. The normalized spacial score (nSPS) is 21.2. The maximum atomic E-state index is 5.39. The molecular formula is C15H31N4+. The van der Waals surface area contributed by atoms with E-state index in [0.29, 0.717) is 5.92 Å². The molecule has 0 aromatic rings. The Morgan fingerprint density at radius 2 is 1.26 bits per heavy atom. The Kier molecular flexibility index (Phi) is 8.26. The average molecular weight is 267 g/mol. The van der Waals surface area contributed by atoms with Crippen molar-refractivity contribution in [2.24, 2.45) is 22.5 Å². The number of nitrogens with two attached hydrogens (primary N) is 2. The van der Waals surface area contributed by atoms with E-state index in [1.54, 1.807) is 0 Å². The lowest BCUT2D eigenvalue weighted by Crippen LogP contribution is -2.73. The monoisotopic (exact) mass is 267 g/mol. The van der Waals surface area contributed by atoms with Crippen LogP contribution in [0.1, 0.15) is 77.6 Å². The zero-order chi connectivity index (χ0) is 13.9. The summed E-state index contributed by atoms with van der Waals surface area (Å²) in [5.41, 5.74) is 11.9. The zero-order valence-corrected chi connectivity index (χ0v) is 12.5. The number of hydrogen-bond donors (Lipinski definition) is 3. The highest BCUT2D eigenvalue weighted by atomic mass is 15.3. The summed E-state index contributed by atoms with van der Waals surface area (Å²) in [4.78, 5) is 0. The van der Waals surface area contributed by atoms with Crippen LogP contribution in [-0.2, 0) is 0 Å². The molecule has 0 amide bonds. The molecule has 4 nitrogen and oxygen atoms in total. The van der Waals surface area contributed by atoms with Gasteiger partial charge in [-0.2, -0.15) is 5.10 Å². The Labute approximate surface area is 117 Å². The van der Waals surface area contributed by atoms with Crippen LogP contribution in [0.25, 0.3) is 0 Å². The fraction of sp³-hybridized carbons (Fsp3) is 0.867. The van der Waals surface area contributed by atoms with Crippen LogP contribution in [0.5, 0.6) is 0 Å². The molecule has 1 fully saturated rings. The van der Waals surface area contributed by atoms with Crippen molar-refractivity contribution in [2.45, 2.75) is 77.6 Å². The second-order valence-electron chi connectivity index (χ2n) is 5.78. The quantitative estimate of drug-likeness (QED) is 0.404. The minimum absolute atomic E-state index is 0.174. The van der Waals surface area contributed by atoms with Crippen molar-refractivity contribution < 1.29 is 5.10 Å². The smallest absolute Gasteiger partial charge is 0.289 e. The van der Waals surface area contributed by atoms with E-state index in [1.165, 1.54) is 70.6 Å². The maximum Gasteiger partial charge on any atom is 0.362 e. The summed E-state index contributed by atoms with van der Waals surface area (Å²) in [5, 5.41) is 6.98. The molecule has 0 radical (unpaired) electrons. The van der Waals surface area contributed by atoms with E-state index < -0.39 is 0 Å². The number of hydrazone groups is 1. The van der Waals surface area contributed by atoms with Crippen LogP contribution in [0.4, 0.5) is 0 Å². The van der Waals surface area contributed by atoms with E-state index in [0.717, 1.165) is 5.71 Å². The first-order valence-corrected chi connectivity index (χ1v) is 7.88. The summed E-state index contributed by atoms with van der Waals surface area (Å²) in [6, 6.07) is 0. The first-order chi connectivity index (χ1) is 9.20. The molecule has 5 N–H and O–H groups in total. The third kappa shape index (κ3) is 7.85. The number of hydrogen-bond acceptors (Lipinski definition) is 1. The van der Waals surface area contributed by atoms with Gasteiger partial charge in [-0.15, -0.1) is 5.10 Å². The van der Waals surface area contributed by atoms with Crippen LogP contribution in [0, 0.1) is 5.92 Å². The lowest BCUT2D eigenvalue weighted by molar-refractivity contribution is -0.464. The molecule has 0 atom stereocenters. The van der Waals surface area contributed by atoms with E-state index in [-0.39, 0.29) is 5.96 Å². The van der Waals surface area contributed by atoms with Gasteiger partial charge in [-0.05, 0) is 19.8 Å². The van der Waals surface area contributed by atoms with E-state index in [2.05, 4.69) is 17.1 Å². The highest BCUT2D eigenvalue weighted by Crippen LogP contribution is 2.21. The Hall–Kier alpha value is -1.06. The molecule has 1 aliphatic carbocycles. The van der Waals surface area contributed by atoms with Gasteiger partial charge in [0.1, 0.15) is 0 Å². The van der Waals surface area contributed by atoms with Crippen molar-refractivity contribution in [3.63, 3.8) is 0 Å². The second-order valence-corrected chi connectivity index (χ2v) is 5.78. The zero-order valence-electron chi connectivity index (χ0n) is 12.5. The number of nitrogens with zero attached hydrogens (tertiary/aromatic N) is 1. The molecule has 110 valence electrons. The lowest BCUT2D eigenvalue weighted by Gasteiger charge is -2.16. The Balaban J connectivity index is 2.50. The van der Waals surface area contributed by atoms with Crippen LogP contribution >= 0.6 is 0 Å². The van der Waals surface area contributed by atoms with Gasteiger partial charge in [-0.1, -0.05) is 57.8 Å². The summed E-state index contributed by atoms with van der Waals surface area (Å²) < 4.78 is 0. The molecule has 0 saturated heterocycles. The van der Waals surface area contributed by atoms with Gasteiger partial charge in [-0.3, -0.25) is 11.5 Å². The summed E-state index contributed by atoms with van der Waals surface area (Å²) >= 11 is 0. The summed E-state index contributed by atoms with van der Waals surface area (Å²) in [7, 11) is 0. The predicted octanol–water partition coefficient (Wildman–Crippen LogP) is 1.64. The largest absolute Gasteiger partial charge is 0.362 e. The highest BCUT2D eigenvalue weighted by molar-refractivity contribution is 5.83. The summed E-state index contributed by atoms with van der Waals surface area (Å²) in [5.74, 6) is 0.763. The Morgan fingerprint density at radius 3 is 1.68 bits per heavy atom. The third-order valence-electron chi connectivity index (χ3n) is 4.06. The van der Waals surface area contributed by atoms with Crippen molar-refractivity contribution in [3.8, 4) is 0 Å². The van der Waals surface area contributed by atoms with Crippen LogP contribution in [-0.4, -0.2) is 11.7 Å². The molecule has 19 heavy (non-hydrogen) atoms. The first kappa shape index (κ1) is 16.0. The van der Waals surface area contributed by atoms with Gasteiger partial charge < -0.3 is 0 Å². The van der Waals surface area contributed by atoms with Crippen molar-refractivity contribution in [1.82, 2.24) is 0 Å². The molecular weight excluding hydrogens is 236 g/mol. The molecule has 0 aromatic heterocycles. The van der Waals surface area contributed by atoms with E-state index in [4.69, 9.17) is 11.5 Å². The molecule has 0 heterocycles. The topological polar surface area (TPSA) is 78.4 Å². The van der Waals surface area contributed by atoms with Crippen LogP contribution in [0.15, 0.2) is 5.10 Å². The Bertz CT molecular complexity index is 281. The van der Waals surface area contributed by atoms with Crippen molar-refractivity contribution in [3.05, 3.63) is 0 Å². The van der Waals surface area contributed by atoms with Gasteiger partial charge in [0.25, 0.3) is 0 Å². The van der Waals surface area contributed by atoms with Crippen LogP contribution in [0.2, 0.25) is 0 Å². The Morgan fingerprint density at radius 1 is 0.842 bits per heavy atom. The molecule has 0 bridgehead atoms. The standard InChI is InChI=1S/C15H30N4/c1-13(18-19-15(16)17)14-11-9-7-5-3-2-4-6-8-10-12-14/h14H,2-12H2,1H3,(H4,16,17,19)/p+1/b18-13+. The molecule has 1 saturated carbocycles. The predicted molar refractivity (Wildman–Crippen MR) is 81.7 cm³/mol. The van der Waals surface area contributed by atoms with E-state index in [1.807, 2.05) is 0 Å². The third-order valence-corrected chi connectivity index (χ3v) is 4.06. The average Bonchev–Trinajstić information content (AvgIpc) is 2.36. The van der Waals surface area contributed by atoms with Crippen molar-refractivity contribution in [2.75, 3.05) is 0 Å². The van der Waals surface area contributed by atoms with Gasteiger partial charge in [-0.25, -0.2) is 0 Å². The van der Waals surface area contributed by atoms with Gasteiger partial charge in [0.05, 0.1) is 5.71 Å². The first-order valence-electron chi connectivity index (χ1n) is 7.88. The number of rotatable bonds is 2. The minimum Gasteiger partial charge on any atom is -0.289 e. The molecule has 1 rings (SSSR count). The highest BCUT2D eigenvalue weighted by Gasteiger charge is 2.13. The van der Waals surface area contributed by atoms with Crippen molar-refractivity contribution >= 4 is 11.7 Å². The summed E-state index contributed by atoms with van der Waals surface area (Å²) in [6.45, 7) is 2.09. The minimum atomic E-state index is 0.174. The molecule has 0 aliphatic heterocycles. The second kappa shape index (κ2) is 9.82. The van der Waals surface area contributed by atoms with Gasteiger partial charge in [0.15, 0.2) is 0 Å². The molecule has 4 heteroatoms. The van der Waals surface area contributed by atoms with Gasteiger partial charge in [0.2, 0.25) is 0 Å². The van der Waals surface area contributed by atoms with E-state index in [9.17, 15) is 0 Å². The number of guanidine groups is 1. The molecule has 1 aliphatic rings. The SMILES string of the molecule is C/C(=N\[NH+]=C(N)N)C1CCCCCCCCCCC1. The fourth-order valence-corrected chi connectivity index (χ4v) is 2.83. The number of nitrogens with one attached hydrogen (secondary N) is 1. The van der Waals surface area contributed by atoms with Crippen molar-refractivity contribution in [1.29, 1.82) is 0 Å². The van der Waals surface area contributed by atoms with Crippen LogP contribution in [0.3, 0.4) is 0 Å². The molecule has 0 unspecified atom stereocenters. The molecule has 0 aromatic carbocycles. The molecule has 0 spiro atoms. The van der Waals surface area contributed by atoms with Gasteiger partial charge in [0, 0.05) is 5.92 Å². The summed E-state index contributed by atoms with van der Waals surface area (Å²) in [6.07, 6.45) is 14.9.